The highest BCUT2D eigenvalue weighted by Gasteiger charge is 2.12. The summed E-state index contributed by atoms with van der Waals surface area (Å²) in [6.45, 7) is 1.94. The summed E-state index contributed by atoms with van der Waals surface area (Å²) in [6.07, 6.45) is 0. The average Bonchev–Trinajstić information content (AvgIpc) is 2.47. The van der Waals surface area contributed by atoms with Crippen LogP contribution in [0.4, 0.5) is 0 Å². The van der Waals surface area contributed by atoms with Crippen LogP contribution in [0, 0.1) is 0 Å². The van der Waals surface area contributed by atoms with Crippen LogP contribution < -0.4 is 10.1 Å². The SMILES string of the molecule is C[C@@H](NC(=O)COc1ccc(Br)cc1)c1ccccc1Br. The summed E-state index contributed by atoms with van der Waals surface area (Å²) < 4.78 is 7.40. The average molecular weight is 413 g/mol. The minimum Gasteiger partial charge on any atom is -0.484 e. The van der Waals surface area contributed by atoms with Gasteiger partial charge in [0.25, 0.3) is 5.91 Å². The Morgan fingerprint density at radius 1 is 1.14 bits per heavy atom. The summed E-state index contributed by atoms with van der Waals surface area (Å²) >= 11 is 6.83. The van der Waals surface area contributed by atoms with Gasteiger partial charge >= 0.3 is 0 Å². The molecule has 0 unspecified atom stereocenters. The quantitative estimate of drug-likeness (QED) is 0.786. The predicted octanol–water partition coefficient (Wildman–Crippen LogP) is 4.47. The van der Waals surface area contributed by atoms with Crippen molar-refractivity contribution in [2.75, 3.05) is 6.61 Å². The zero-order chi connectivity index (χ0) is 15.2. The van der Waals surface area contributed by atoms with Crippen LogP contribution in [0.15, 0.2) is 57.5 Å². The summed E-state index contributed by atoms with van der Waals surface area (Å²) in [5, 5.41) is 2.92. The smallest absolute Gasteiger partial charge is 0.258 e. The number of carbonyl (C=O) groups excluding carboxylic acids is 1. The molecule has 0 saturated carbocycles. The topological polar surface area (TPSA) is 38.3 Å². The molecule has 5 heteroatoms. The highest BCUT2D eigenvalue weighted by molar-refractivity contribution is 9.10. The Labute approximate surface area is 141 Å². The molecule has 1 N–H and O–H groups in total. The van der Waals surface area contributed by atoms with Gasteiger partial charge in [-0.15, -0.1) is 0 Å². The lowest BCUT2D eigenvalue weighted by Gasteiger charge is -2.16. The Kier molecular flexibility index (Phi) is 5.82. The number of ether oxygens (including phenoxy) is 1. The normalized spacial score (nSPS) is 11.8. The first kappa shape index (κ1) is 16.0. The van der Waals surface area contributed by atoms with Gasteiger partial charge in [-0.3, -0.25) is 4.79 Å². The number of amides is 1. The van der Waals surface area contributed by atoms with Gasteiger partial charge in [-0.05, 0) is 42.8 Å². The number of rotatable bonds is 5. The fourth-order valence-electron chi connectivity index (χ4n) is 1.87. The molecule has 0 heterocycles. The van der Waals surface area contributed by atoms with Gasteiger partial charge in [0.15, 0.2) is 6.61 Å². The van der Waals surface area contributed by atoms with Crippen molar-refractivity contribution < 1.29 is 9.53 Å². The van der Waals surface area contributed by atoms with Crippen LogP contribution in [0.25, 0.3) is 0 Å². The first-order valence-corrected chi connectivity index (χ1v) is 8.07. The molecular formula is C16H15Br2NO2. The lowest BCUT2D eigenvalue weighted by molar-refractivity contribution is -0.123. The fraction of sp³-hybridized carbons (Fsp3) is 0.188. The van der Waals surface area contributed by atoms with Crippen molar-refractivity contribution in [3.8, 4) is 5.75 Å². The Morgan fingerprint density at radius 2 is 1.81 bits per heavy atom. The number of halogens is 2. The molecule has 110 valence electrons. The van der Waals surface area contributed by atoms with Gasteiger partial charge < -0.3 is 10.1 Å². The van der Waals surface area contributed by atoms with E-state index in [0.717, 1.165) is 14.5 Å². The maximum absolute atomic E-state index is 11.9. The van der Waals surface area contributed by atoms with E-state index in [1.165, 1.54) is 0 Å². The van der Waals surface area contributed by atoms with E-state index in [1.54, 1.807) is 0 Å². The molecule has 0 aliphatic rings. The van der Waals surface area contributed by atoms with E-state index >= 15 is 0 Å². The van der Waals surface area contributed by atoms with Crippen LogP contribution in [0.2, 0.25) is 0 Å². The van der Waals surface area contributed by atoms with Crippen LogP contribution in [-0.2, 0) is 4.79 Å². The first-order chi connectivity index (χ1) is 10.1. The van der Waals surface area contributed by atoms with Gasteiger partial charge in [-0.2, -0.15) is 0 Å². The standard InChI is InChI=1S/C16H15Br2NO2/c1-11(14-4-2-3-5-15(14)18)19-16(20)10-21-13-8-6-12(17)7-9-13/h2-9,11H,10H2,1H3,(H,19,20)/t11-/m1/s1. The van der Waals surface area contributed by atoms with Crippen molar-refractivity contribution in [3.05, 3.63) is 63.0 Å². The Balaban J connectivity index is 1.87. The molecule has 0 saturated heterocycles. The predicted molar refractivity (Wildman–Crippen MR) is 90.3 cm³/mol. The fourth-order valence-corrected chi connectivity index (χ4v) is 2.76. The molecule has 2 rings (SSSR count). The van der Waals surface area contributed by atoms with Crippen molar-refractivity contribution in [1.82, 2.24) is 5.32 Å². The van der Waals surface area contributed by atoms with Crippen molar-refractivity contribution in [2.24, 2.45) is 0 Å². The van der Waals surface area contributed by atoms with Crippen LogP contribution in [0.3, 0.4) is 0 Å². The highest BCUT2D eigenvalue weighted by Crippen LogP contribution is 2.22. The van der Waals surface area contributed by atoms with Gasteiger partial charge in [-0.1, -0.05) is 50.1 Å². The van der Waals surface area contributed by atoms with Crippen molar-refractivity contribution in [3.63, 3.8) is 0 Å². The Bertz CT molecular complexity index is 614. The molecule has 1 amide bonds. The molecule has 0 bridgehead atoms. The lowest BCUT2D eigenvalue weighted by Crippen LogP contribution is -2.31. The van der Waals surface area contributed by atoms with Crippen molar-refractivity contribution >= 4 is 37.8 Å². The van der Waals surface area contributed by atoms with Crippen molar-refractivity contribution in [1.29, 1.82) is 0 Å². The summed E-state index contributed by atoms with van der Waals surface area (Å²) in [7, 11) is 0. The van der Waals surface area contributed by atoms with Gasteiger partial charge in [0, 0.05) is 8.95 Å². The van der Waals surface area contributed by atoms with Crippen LogP contribution in [-0.4, -0.2) is 12.5 Å². The van der Waals surface area contributed by atoms with E-state index in [1.807, 2.05) is 55.5 Å². The van der Waals surface area contributed by atoms with E-state index in [0.29, 0.717) is 5.75 Å². The Morgan fingerprint density at radius 3 is 2.48 bits per heavy atom. The highest BCUT2D eigenvalue weighted by atomic mass is 79.9. The van der Waals surface area contributed by atoms with E-state index in [4.69, 9.17) is 4.74 Å². The van der Waals surface area contributed by atoms with E-state index in [2.05, 4.69) is 37.2 Å². The zero-order valence-corrected chi connectivity index (χ0v) is 14.6. The molecule has 0 aliphatic carbocycles. The summed E-state index contributed by atoms with van der Waals surface area (Å²) in [4.78, 5) is 11.9. The number of hydrogen-bond acceptors (Lipinski definition) is 2. The van der Waals surface area contributed by atoms with E-state index in [-0.39, 0.29) is 18.6 Å². The molecule has 0 radical (unpaired) electrons. The number of benzene rings is 2. The largest absolute Gasteiger partial charge is 0.484 e. The molecule has 2 aromatic rings. The summed E-state index contributed by atoms with van der Waals surface area (Å²) in [5.41, 5.74) is 1.04. The van der Waals surface area contributed by atoms with Crippen molar-refractivity contribution in [2.45, 2.75) is 13.0 Å². The third-order valence-corrected chi connectivity index (χ3v) is 4.18. The first-order valence-electron chi connectivity index (χ1n) is 6.48. The van der Waals surface area contributed by atoms with E-state index < -0.39 is 0 Å². The maximum atomic E-state index is 11.9. The second-order valence-corrected chi connectivity index (χ2v) is 6.32. The molecule has 0 aromatic heterocycles. The minimum absolute atomic E-state index is 0.00355. The van der Waals surface area contributed by atoms with Gasteiger partial charge in [0.05, 0.1) is 6.04 Å². The van der Waals surface area contributed by atoms with Gasteiger partial charge in [0.1, 0.15) is 5.75 Å². The summed E-state index contributed by atoms with van der Waals surface area (Å²) in [5.74, 6) is 0.517. The van der Waals surface area contributed by atoms with Crippen LogP contribution in [0.1, 0.15) is 18.5 Å². The molecule has 0 fully saturated rings. The number of nitrogens with one attached hydrogen (secondary N) is 1. The van der Waals surface area contributed by atoms with Crippen LogP contribution >= 0.6 is 31.9 Å². The summed E-state index contributed by atoms with van der Waals surface area (Å²) in [6, 6.07) is 15.1. The number of hydrogen-bond donors (Lipinski definition) is 1. The minimum atomic E-state index is -0.152. The molecule has 0 spiro atoms. The lowest BCUT2D eigenvalue weighted by atomic mass is 10.1. The third-order valence-electron chi connectivity index (χ3n) is 2.93. The molecular weight excluding hydrogens is 398 g/mol. The molecule has 2 aromatic carbocycles. The molecule has 1 atom stereocenters. The number of carbonyl (C=O) groups is 1. The molecule has 3 nitrogen and oxygen atoms in total. The second-order valence-electron chi connectivity index (χ2n) is 4.55. The molecule has 21 heavy (non-hydrogen) atoms. The zero-order valence-electron chi connectivity index (χ0n) is 11.5. The van der Waals surface area contributed by atoms with Gasteiger partial charge in [0.2, 0.25) is 0 Å². The third kappa shape index (κ3) is 4.86. The van der Waals surface area contributed by atoms with E-state index in [9.17, 15) is 4.79 Å². The van der Waals surface area contributed by atoms with Gasteiger partial charge in [-0.25, -0.2) is 0 Å². The Hall–Kier alpha value is -1.33. The monoisotopic (exact) mass is 411 g/mol. The second kappa shape index (κ2) is 7.61. The molecule has 0 aliphatic heterocycles. The van der Waals surface area contributed by atoms with Crippen LogP contribution in [0.5, 0.6) is 5.75 Å². The maximum Gasteiger partial charge on any atom is 0.258 e.